The monoisotopic (exact) mass is 353 g/mol. The molecule has 0 aliphatic carbocycles. The zero-order valence-electron chi connectivity index (χ0n) is 14.8. The van der Waals surface area contributed by atoms with Crippen molar-refractivity contribution >= 4 is 28.5 Å². The second kappa shape index (κ2) is 8.96. The quantitative estimate of drug-likeness (QED) is 0.568. The van der Waals surface area contributed by atoms with Crippen molar-refractivity contribution < 1.29 is 9.47 Å². The molecule has 0 radical (unpaired) electrons. The second-order valence-corrected chi connectivity index (χ2v) is 5.69. The van der Waals surface area contributed by atoms with Gasteiger partial charge in [0.15, 0.2) is 5.52 Å². The summed E-state index contributed by atoms with van der Waals surface area (Å²) in [7, 11) is 0. The molecule has 0 saturated heterocycles. The Balaban J connectivity index is 1.74. The number of hydrogen-bond acceptors (Lipinski definition) is 7. The van der Waals surface area contributed by atoms with Crippen molar-refractivity contribution in [1.82, 2.24) is 15.0 Å². The maximum Gasteiger partial charge on any atom is 0.245 e. The van der Waals surface area contributed by atoms with Gasteiger partial charge in [-0.05, 0) is 44.0 Å². The molecule has 0 unspecified atom stereocenters. The van der Waals surface area contributed by atoms with Crippen LogP contribution in [0, 0.1) is 0 Å². The molecule has 3 rings (SSSR count). The standard InChI is InChI=1S/C19H23N5O2/c1-2-25-12-6-7-13-26-18-17-15(22-19(20)24-18)10-11-16(23-17)21-14-8-4-3-5-9-14/h3-5,8-11H,2,6-7,12-13H2,1H3,(H,21,23)(H2,20,22,24). The number of ether oxygens (including phenoxy) is 2. The molecule has 3 aromatic rings. The fourth-order valence-corrected chi connectivity index (χ4v) is 2.46. The first kappa shape index (κ1) is 17.9. The lowest BCUT2D eigenvalue weighted by atomic mass is 10.3. The normalized spacial score (nSPS) is 10.8. The maximum absolute atomic E-state index is 5.81. The molecule has 0 saturated carbocycles. The van der Waals surface area contributed by atoms with Gasteiger partial charge in [0, 0.05) is 18.9 Å². The van der Waals surface area contributed by atoms with Crippen molar-refractivity contribution in [3.63, 3.8) is 0 Å². The highest BCUT2D eigenvalue weighted by Gasteiger charge is 2.10. The maximum atomic E-state index is 5.81. The van der Waals surface area contributed by atoms with Crippen molar-refractivity contribution in [1.29, 1.82) is 0 Å². The average molecular weight is 353 g/mol. The highest BCUT2D eigenvalue weighted by Crippen LogP contribution is 2.24. The van der Waals surface area contributed by atoms with Crippen LogP contribution >= 0.6 is 0 Å². The number of nitrogens with zero attached hydrogens (tertiary/aromatic N) is 3. The third kappa shape index (κ3) is 4.80. The number of hydrogen-bond donors (Lipinski definition) is 2. The van der Waals surface area contributed by atoms with Crippen LogP contribution in [0.3, 0.4) is 0 Å². The molecule has 1 aromatic carbocycles. The molecule has 2 aromatic heterocycles. The summed E-state index contributed by atoms with van der Waals surface area (Å²) in [4.78, 5) is 13.0. The summed E-state index contributed by atoms with van der Waals surface area (Å²) in [5.41, 5.74) is 7.98. The number of nitrogen functional groups attached to an aromatic ring is 1. The van der Waals surface area contributed by atoms with Crippen molar-refractivity contribution in [2.45, 2.75) is 19.8 Å². The molecule has 7 heteroatoms. The minimum absolute atomic E-state index is 0.174. The Labute approximate surface area is 152 Å². The van der Waals surface area contributed by atoms with E-state index in [1.54, 1.807) is 0 Å². The van der Waals surface area contributed by atoms with E-state index in [9.17, 15) is 0 Å². The predicted molar refractivity (Wildman–Crippen MR) is 103 cm³/mol. The highest BCUT2D eigenvalue weighted by atomic mass is 16.5. The van der Waals surface area contributed by atoms with E-state index >= 15 is 0 Å². The molecular formula is C19H23N5O2. The van der Waals surface area contributed by atoms with Gasteiger partial charge in [-0.1, -0.05) is 18.2 Å². The Morgan fingerprint density at radius 1 is 0.962 bits per heavy atom. The van der Waals surface area contributed by atoms with Crippen LogP contribution in [0.15, 0.2) is 42.5 Å². The molecule has 0 amide bonds. The number of aromatic nitrogens is 3. The third-order valence-corrected chi connectivity index (χ3v) is 3.70. The molecule has 26 heavy (non-hydrogen) atoms. The van der Waals surface area contributed by atoms with Crippen LogP contribution in [-0.2, 0) is 4.74 Å². The zero-order chi connectivity index (χ0) is 18.2. The number of unbranched alkanes of at least 4 members (excludes halogenated alkanes) is 1. The van der Waals surface area contributed by atoms with E-state index in [0.717, 1.165) is 31.7 Å². The molecule has 7 nitrogen and oxygen atoms in total. The topological polar surface area (TPSA) is 95.2 Å². The Hall–Kier alpha value is -2.93. The number of para-hydroxylation sites is 1. The minimum atomic E-state index is 0.174. The largest absolute Gasteiger partial charge is 0.476 e. The molecular weight excluding hydrogens is 330 g/mol. The van der Waals surface area contributed by atoms with Gasteiger partial charge in [0.25, 0.3) is 0 Å². The molecule has 0 bridgehead atoms. The number of pyridine rings is 1. The Bertz CT molecular complexity index is 842. The van der Waals surface area contributed by atoms with E-state index in [1.807, 2.05) is 49.4 Å². The summed E-state index contributed by atoms with van der Waals surface area (Å²) in [5, 5.41) is 3.26. The predicted octanol–water partition coefficient (Wildman–Crippen LogP) is 3.55. The van der Waals surface area contributed by atoms with Crippen molar-refractivity contribution in [2.24, 2.45) is 0 Å². The fraction of sp³-hybridized carbons (Fsp3) is 0.316. The summed E-state index contributed by atoms with van der Waals surface area (Å²) in [5.74, 6) is 1.27. The van der Waals surface area contributed by atoms with Gasteiger partial charge >= 0.3 is 0 Å². The van der Waals surface area contributed by atoms with Crippen molar-refractivity contribution in [3.8, 4) is 5.88 Å². The number of benzene rings is 1. The number of rotatable bonds is 9. The van der Waals surface area contributed by atoms with Gasteiger partial charge in [-0.3, -0.25) is 0 Å². The van der Waals surface area contributed by atoms with Crippen LogP contribution in [0.5, 0.6) is 5.88 Å². The molecule has 0 atom stereocenters. The summed E-state index contributed by atoms with van der Waals surface area (Å²) in [6, 6.07) is 13.5. The lowest BCUT2D eigenvalue weighted by Gasteiger charge is -2.10. The summed E-state index contributed by atoms with van der Waals surface area (Å²) >= 11 is 0. The number of anilines is 3. The smallest absolute Gasteiger partial charge is 0.245 e. The minimum Gasteiger partial charge on any atom is -0.476 e. The average Bonchev–Trinajstić information content (AvgIpc) is 2.65. The Kier molecular flexibility index (Phi) is 6.16. The molecule has 0 aliphatic heterocycles. The van der Waals surface area contributed by atoms with Gasteiger partial charge in [0.05, 0.1) is 12.1 Å². The van der Waals surface area contributed by atoms with E-state index in [4.69, 9.17) is 15.2 Å². The lowest BCUT2D eigenvalue weighted by molar-refractivity contribution is 0.138. The molecule has 0 aliphatic rings. The molecule has 3 N–H and O–H groups in total. The lowest BCUT2D eigenvalue weighted by Crippen LogP contribution is -2.06. The first-order valence-electron chi connectivity index (χ1n) is 8.73. The van der Waals surface area contributed by atoms with E-state index < -0.39 is 0 Å². The molecule has 2 heterocycles. The number of fused-ring (bicyclic) bond motifs is 1. The number of nitrogens with one attached hydrogen (secondary N) is 1. The van der Waals surface area contributed by atoms with Gasteiger partial charge in [-0.2, -0.15) is 4.98 Å². The van der Waals surface area contributed by atoms with Gasteiger partial charge in [0.1, 0.15) is 5.82 Å². The second-order valence-electron chi connectivity index (χ2n) is 5.69. The van der Waals surface area contributed by atoms with Crippen molar-refractivity contribution in [3.05, 3.63) is 42.5 Å². The van der Waals surface area contributed by atoms with E-state index in [-0.39, 0.29) is 5.95 Å². The molecule has 0 spiro atoms. The summed E-state index contributed by atoms with van der Waals surface area (Å²) in [6.07, 6.45) is 1.80. The molecule has 136 valence electrons. The first-order chi connectivity index (χ1) is 12.8. The van der Waals surface area contributed by atoms with Crippen LogP contribution < -0.4 is 15.8 Å². The Morgan fingerprint density at radius 2 is 1.77 bits per heavy atom. The van der Waals surface area contributed by atoms with Gasteiger partial charge in [-0.25, -0.2) is 9.97 Å². The van der Waals surface area contributed by atoms with Gasteiger partial charge in [0.2, 0.25) is 11.8 Å². The van der Waals surface area contributed by atoms with Crippen LogP contribution in [0.4, 0.5) is 17.5 Å². The van der Waals surface area contributed by atoms with Crippen molar-refractivity contribution in [2.75, 3.05) is 30.9 Å². The van der Waals surface area contributed by atoms with Crippen LogP contribution in [0.25, 0.3) is 11.0 Å². The highest BCUT2D eigenvalue weighted by molar-refractivity contribution is 5.82. The number of nitrogens with two attached hydrogens (primary N) is 1. The van der Waals surface area contributed by atoms with Crippen LogP contribution in [0.1, 0.15) is 19.8 Å². The zero-order valence-corrected chi connectivity index (χ0v) is 14.8. The SMILES string of the molecule is CCOCCCCOc1nc(N)nc2ccc(Nc3ccccc3)nc12. The third-order valence-electron chi connectivity index (χ3n) is 3.70. The van der Waals surface area contributed by atoms with E-state index in [0.29, 0.717) is 29.3 Å². The Morgan fingerprint density at radius 3 is 2.58 bits per heavy atom. The first-order valence-corrected chi connectivity index (χ1v) is 8.73. The van der Waals surface area contributed by atoms with Crippen LogP contribution in [0.2, 0.25) is 0 Å². The van der Waals surface area contributed by atoms with Gasteiger partial charge < -0.3 is 20.5 Å². The van der Waals surface area contributed by atoms with E-state index in [1.165, 1.54) is 0 Å². The van der Waals surface area contributed by atoms with Crippen LogP contribution in [-0.4, -0.2) is 34.8 Å². The summed E-state index contributed by atoms with van der Waals surface area (Å²) < 4.78 is 11.1. The fourth-order valence-electron chi connectivity index (χ4n) is 2.46. The summed E-state index contributed by atoms with van der Waals surface area (Å²) in [6.45, 7) is 3.97. The van der Waals surface area contributed by atoms with Gasteiger partial charge in [-0.15, -0.1) is 0 Å². The molecule has 0 fully saturated rings. The van der Waals surface area contributed by atoms with E-state index in [2.05, 4.69) is 20.3 Å².